The van der Waals surface area contributed by atoms with E-state index in [9.17, 15) is 14.5 Å². The maximum atomic E-state index is 13.1. The summed E-state index contributed by atoms with van der Waals surface area (Å²) in [6.45, 7) is 0. The molecule has 0 atom stereocenters. The number of halogens is 2. The Morgan fingerprint density at radius 1 is 1.47 bits per heavy atom. The molecular formula is C8H3ClFN3O2. The largest absolute Gasteiger partial charge is 0.306 e. The Morgan fingerprint density at radius 3 is 2.87 bits per heavy atom. The molecule has 15 heavy (non-hydrogen) atoms. The Morgan fingerprint density at radius 2 is 2.20 bits per heavy atom. The fourth-order valence-electron chi connectivity index (χ4n) is 1.16. The number of nitro benzene ring substituents is 1. The summed E-state index contributed by atoms with van der Waals surface area (Å²) in [7, 11) is 0. The predicted molar refractivity (Wildman–Crippen MR) is 51.2 cm³/mol. The molecule has 0 saturated carbocycles. The molecule has 2 rings (SSSR count). The predicted octanol–water partition coefficient (Wildman–Crippen LogP) is 2.33. The third-order valence-electron chi connectivity index (χ3n) is 1.82. The Labute approximate surface area is 87.7 Å². The van der Waals surface area contributed by atoms with Gasteiger partial charge in [-0.2, -0.15) is 4.39 Å². The van der Waals surface area contributed by atoms with Gasteiger partial charge in [-0.3, -0.25) is 10.1 Å². The molecule has 0 radical (unpaired) electrons. The van der Waals surface area contributed by atoms with Crippen LogP contribution in [0.2, 0.25) is 5.28 Å². The topological polar surface area (TPSA) is 68.9 Å². The van der Waals surface area contributed by atoms with Gasteiger partial charge >= 0.3 is 5.69 Å². The maximum absolute atomic E-state index is 13.1. The number of hydrogen-bond acceptors (Lipinski definition) is 4. The zero-order valence-electron chi connectivity index (χ0n) is 7.15. The summed E-state index contributed by atoms with van der Waals surface area (Å²) in [6.07, 6.45) is 1.30. The van der Waals surface area contributed by atoms with Crippen molar-refractivity contribution < 1.29 is 9.31 Å². The van der Waals surface area contributed by atoms with E-state index in [0.717, 1.165) is 12.1 Å². The highest BCUT2D eigenvalue weighted by Gasteiger charge is 2.15. The van der Waals surface area contributed by atoms with E-state index in [2.05, 4.69) is 9.97 Å². The average Bonchev–Trinajstić information content (AvgIpc) is 2.17. The van der Waals surface area contributed by atoms with Gasteiger partial charge in [0.05, 0.1) is 10.4 Å². The molecule has 0 amide bonds. The molecule has 0 saturated heterocycles. The first-order valence-electron chi connectivity index (χ1n) is 3.84. The minimum Gasteiger partial charge on any atom is -0.258 e. The number of rotatable bonds is 1. The van der Waals surface area contributed by atoms with Gasteiger partial charge in [0.2, 0.25) is 11.1 Å². The van der Waals surface area contributed by atoms with Crippen LogP contribution in [0.5, 0.6) is 0 Å². The van der Waals surface area contributed by atoms with Crippen molar-refractivity contribution in [2.75, 3.05) is 0 Å². The van der Waals surface area contributed by atoms with Crippen LogP contribution in [0.25, 0.3) is 10.9 Å². The zero-order valence-corrected chi connectivity index (χ0v) is 7.90. The summed E-state index contributed by atoms with van der Waals surface area (Å²) in [4.78, 5) is 17.0. The second-order valence-corrected chi connectivity index (χ2v) is 3.10. The molecule has 0 aliphatic heterocycles. The van der Waals surface area contributed by atoms with Crippen LogP contribution < -0.4 is 0 Å². The van der Waals surface area contributed by atoms with E-state index in [1.807, 2.05) is 0 Å². The molecule has 0 bridgehead atoms. The maximum Gasteiger partial charge on any atom is 0.306 e. The van der Waals surface area contributed by atoms with Crippen molar-refractivity contribution >= 4 is 28.2 Å². The summed E-state index contributed by atoms with van der Waals surface area (Å²) >= 11 is 5.50. The lowest BCUT2D eigenvalue weighted by Crippen LogP contribution is -1.94. The van der Waals surface area contributed by atoms with Crippen molar-refractivity contribution in [1.82, 2.24) is 9.97 Å². The second kappa shape index (κ2) is 3.39. The van der Waals surface area contributed by atoms with Crippen LogP contribution in [0.15, 0.2) is 18.3 Å². The molecule has 1 heterocycles. The molecule has 1 aromatic carbocycles. The first-order valence-corrected chi connectivity index (χ1v) is 4.22. The molecule has 0 unspecified atom stereocenters. The minimum atomic E-state index is -0.918. The summed E-state index contributed by atoms with van der Waals surface area (Å²) in [5.74, 6) is -0.918. The fraction of sp³-hybridized carbons (Fsp3) is 0. The molecule has 76 valence electrons. The number of benzene rings is 1. The highest BCUT2D eigenvalue weighted by atomic mass is 35.5. The highest BCUT2D eigenvalue weighted by molar-refractivity contribution is 6.28. The Bertz CT molecular complexity index is 561. The van der Waals surface area contributed by atoms with Crippen LogP contribution in [-0.4, -0.2) is 14.9 Å². The molecule has 0 fully saturated rings. The van der Waals surface area contributed by atoms with Gasteiger partial charge < -0.3 is 0 Å². The summed E-state index contributed by atoms with van der Waals surface area (Å²) in [5.41, 5.74) is -0.389. The van der Waals surface area contributed by atoms with Gasteiger partial charge in [-0.15, -0.1) is 0 Å². The van der Waals surface area contributed by atoms with E-state index < -0.39 is 16.4 Å². The van der Waals surface area contributed by atoms with Gasteiger partial charge in [-0.1, -0.05) is 0 Å². The fourth-order valence-corrected chi connectivity index (χ4v) is 1.30. The number of hydrogen-bond donors (Lipinski definition) is 0. The van der Waals surface area contributed by atoms with Crippen LogP contribution in [-0.2, 0) is 0 Å². The zero-order chi connectivity index (χ0) is 11.0. The molecular weight excluding hydrogens is 225 g/mol. The Balaban J connectivity index is 2.77. The normalized spacial score (nSPS) is 10.5. The highest BCUT2D eigenvalue weighted by Crippen LogP contribution is 2.23. The number of nitrogens with zero attached hydrogens (tertiary/aromatic N) is 3. The van der Waals surface area contributed by atoms with Gasteiger partial charge in [0.25, 0.3) is 0 Å². The molecule has 0 spiro atoms. The number of fused-ring (bicyclic) bond motifs is 1. The third-order valence-corrected chi connectivity index (χ3v) is 2.00. The smallest absolute Gasteiger partial charge is 0.258 e. The van der Waals surface area contributed by atoms with Gasteiger partial charge in [-0.05, 0) is 17.7 Å². The van der Waals surface area contributed by atoms with Crippen LogP contribution in [0.1, 0.15) is 0 Å². The number of aromatic nitrogens is 2. The standard InChI is InChI=1S/C8H3ClFN3O2/c9-8-11-3-4-1-5(10)7(13(14)15)2-6(4)12-8/h1-3H. The molecule has 2 aromatic rings. The molecule has 1 aromatic heterocycles. The SMILES string of the molecule is O=[N+]([O-])c1cc2nc(Cl)ncc2cc1F. The van der Waals surface area contributed by atoms with Crippen molar-refractivity contribution in [3.8, 4) is 0 Å². The van der Waals surface area contributed by atoms with Crippen molar-refractivity contribution in [2.45, 2.75) is 0 Å². The lowest BCUT2D eigenvalue weighted by Gasteiger charge is -1.98. The Kier molecular flexibility index (Phi) is 2.20. The van der Waals surface area contributed by atoms with E-state index in [0.29, 0.717) is 5.39 Å². The second-order valence-electron chi connectivity index (χ2n) is 2.76. The van der Waals surface area contributed by atoms with Gasteiger partial charge in [0, 0.05) is 17.6 Å². The lowest BCUT2D eigenvalue weighted by molar-refractivity contribution is -0.387. The van der Waals surface area contributed by atoms with Crippen molar-refractivity contribution in [3.05, 3.63) is 39.5 Å². The van der Waals surface area contributed by atoms with Gasteiger partial charge in [0.15, 0.2) is 0 Å². The minimum absolute atomic E-state index is 0.0385. The van der Waals surface area contributed by atoms with Crippen molar-refractivity contribution in [3.63, 3.8) is 0 Å². The van der Waals surface area contributed by atoms with E-state index in [1.165, 1.54) is 6.20 Å². The van der Waals surface area contributed by atoms with Crippen molar-refractivity contribution in [2.24, 2.45) is 0 Å². The van der Waals surface area contributed by atoms with Crippen LogP contribution in [0.3, 0.4) is 0 Å². The van der Waals surface area contributed by atoms with Crippen LogP contribution >= 0.6 is 11.6 Å². The van der Waals surface area contributed by atoms with Crippen LogP contribution in [0.4, 0.5) is 10.1 Å². The monoisotopic (exact) mass is 227 g/mol. The quantitative estimate of drug-likeness (QED) is 0.426. The van der Waals surface area contributed by atoms with E-state index >= 15 is 0 Å². The van der Waals surface area contributed by atoms with Gasteiger partial charge in [-0.25, -0.2) is 9.97 Å². The van der Waals surface area contributed by atoms with Crippen molar-refractivity contribution in [1.29, 1.82) is 0 Å². The van der Waals surface area contributed by atoms with E-state index in [-0.39, 0.29) is 10.8 Å². The van der Waals surface area contributed by atoms with Crippen LogP contribution in [0, 0.1) is 15.9 Å². The first-order chi connectivity index (χ1) is 7.08. The summed E-state index contributed by atoms with van der Waals surface area (Å²) < 4.78 is 13.1. The lowest BCUT2D eigenvalue weighted by atomic mass is 10.2. The summed E-state index contributed by atoms with van der Waals surface area (Å²) in [6, 6.07) is 2.03. The Hall–Kier alpha value is -1.82. The van der Waals surface area contributed by atoms with E-state index in [4.69, 9.17) is 11.6 Å². The van der Waals surface area contributed by atoms with E-state index in [1.54, 1.807) is 0 Å². The molecule has 0 N–H and O–H groups in total. The summed E-state index contributed by atoms with van der Waals surface area (Å²) in [5, 5.41) is 10.8. The average molecular weight is 228 g/mol. The molecule has 0 aliphatic carbocycles. The molecule has 7 heteroatoms. The third kappa shape index (κ3) is 1.71. The molecule has 0 aliphatic rings. The van der Waals surface area contributed by atoms with Gasteiger partial charge in [0.1, 0.15) is 0 Å². The first kappa shape index (κ1) is 9.72. The molecule has 5 nitrogen and oxygen atoms in total. The number of nitro groups is 1.